The molecule has 180 valence electrons. The Bertz CT molecular complexity index is 776. The zero-order valence-corrected chi connectivity index (χ0v) is 21.3. The number of esters is 1. The van der Waals surface area contributed by atoms with Crippen molar-refractivity contribution in [2.75, 3.05) is 19.6 Å². The van der Waals surface area contributed by atoms with E-state index in [0.717, 1.165) is 5.56 Å². The van der Waals surface area contributed by atoms with Gasteiger partial charge in [0.2, 0.25) is 5.91 Å². The Morgan fingerprint density at radius 1 is 1.00 bits per heavy atom. The molecule has 1 aromatic carbocycles. The SMILES string of the molecule is CP(CNC(=O)C(C)(C)CC(C)(C)C(=O)OCc1ccccc1)OCC(C)(C)CC(=O)O. The molecule has 2 N–H and O–H groups in total. The van der Waals surface area contributed by atoms with E-state index in [4.69, 9.17) is 14.4 Å². The lowest BCUT2D eigenvalue weighted by Gasteiger charge is -2.32. The highest BCUT2D eigenvalue weighted by atomic mass is 31.1. The number of benzene rings is 1. The minimum atomic E-state index is -0.943. The van der Waals surface area contributed by atoms with E-state index in [1.807, 2.05) is 64.7 Å². The molecule has 0 aliphatic carbocycles. The number of carboxylic acid groups (broad SMARTS) is 1. The summed E-state index contributed by atoms with van der Waals surface area (Å²) >= 11 is 0. The zero-order chi connectivity index (χ0) is 24.6. The van der Waals surface area contributed by atoms with E-state index in [-0.39, 0.29) is 24.9 Å². The van der Waals surface area contributed by atoms with Gasteiger partial charge in [0.25, 0.3) is 0 Å². The number of rotatable bonds is 13. The summed E-state index contributed by atoms with van der Waals surface area (Å²) in [6, 6.07) is 9.47. The van der Waals surface area contributed by atoms with Crippen LogP contribution in [0.4, 0.5) is 0 Å². The first-order chi connectivity index (χ1) is 14.6. The number of hydrogen-bond donors (Lipinski definition) is 2. The van der Waals surface area contributed by atoms with Crippen molar-refractivity contribution in [1.29, 1.82) is 0 Å². The minimum absolute atomic E-state index is 0.0189. The summed E-state index contributed by atoms with van der Waals surface area (Å²) in [6.07, 6.45) is 0.707. The fourth-order valence-corrected chi connectivity index (χ4v) is 4.42. The number of carboxylic acids is 1. The fraction of sp³-hybridized carbons (Fsp3) is 0.625. The van der Waals surface area contributed by atoms with Crippen LogP contribution in [0.2, 0.25) is 0 Å². The highest BCUT2D eigenvalue weighted by molar-refractivity contribution is 7.51. The van der Waals surface area contributed by atoms with Crippen molar-refractivity contribution in [3.05, 3.63) is 35.9 Å². The third-order valence-corrected chi connectivity index (χ3v) is 6.20. The van der Waals surface area contributed by atoms with Gasteiger partial charge in [0.05, 0.1) is 24.7 Å². The lowest BCUT2D eigenvalue weighted by molar-refractivity contribution is -0.158. The van der Waals surface area contributed by atoms with Gasteiger partial charge in [-0.3, -0.25) is 14.4 Å². The number of hydrogen-bond acceptors (Lipinski definition) is 5. The van der Waals surface area contributed by atoms with Crippen molar-refractivity contribution >= 4 is 26.0 Å². The van der Waals surface area contributed by atoms with Crippen LogP contribution in [-0.2, 0) is 30.3 Å². The number of carbonyl (C=O) groups is 3. The molecule has 1 unspecified atom stereocenters. The van der Waals surface area contributed by atoms with Crippen molar-refractivity contribution in [3.63, 3.8) is 0 Å². The first-order valence-corrected chi connectivity index (χ1v) is 12.6. The van der Waals surface area contributed by atoms with Gasteiger partial charge in [-0.05, 0) is 37.9 Å². The Labute approximate surface area is 193 Å². The standard InChI is InChI=1S/C24H38NO6P/c1-22(2,13-19(26)27)16-31-32(7)17-25-20(28)23(3,4)15-24(5,6)21(29)30-14-18-11-9-8-10-12-18/h8-12H,13-17H2,1-7H3,(H,25,28)(H,26,27). The number of nitrogens with one attached hydrogen (secondary N) is 1. The molecule has 0 fully saturated rings. The van der Waals surface area contributed by atoms with Crippen molar-refractivity contribution in [2.24, 2.45) is 16.2 Å². The van der Waals surface area contributed by atoms with Crippen LogP contribution in [0.5, 0.6) is 0 Å². The molecule has 0 aliphatic rings. The second-order valence-electron chi connectivity index (χ2n) is 10.3. The third-order valence-electron chi connectivity index (χ3n) is 5.03. The summed E-state index contributed by atoms with van der Waals surface area (Å²) in [5.74, 6) is -1.37. The molecule has 0 saturated heterocycles. The molecule has 0 radical (unpaired) electrons. The van der Waals surface area contributed by atoms with Gasteiger partial charge in [0.1, 0.15) is 6.61 Å². The Hall–Kier alpha value is -1.98. The van der Waals surface area contributed by atoms with Gasteiger partial charge in [0.15, 0.2) is 0 Å². The molecule has 1 aromatic rings. The molecule has 1 rings (SSSR count). The Balaban J connectivity index is 2.53. The second-order valence-corrected chi connectivity index (χ2v) is 12.1. The van der Waals surface area contributed by atoms with Crippen molar-refractivity contribution < 1.29 is 28.8 Å². The molecular weight excluding hydrogens is 429 g/mol. The smallest absolute Gasteiger partial charge is 0.311 e. The molecule has 0 aliphatic heterocycles. The van der Waals surface area contributed by atoms with Gasteiger partial charge in [-0.2, -0.15) is 0 Å². The van der Waals surface area contributed by atoms with Crippen LogP contribution in [0.25, 0.3) is 0 Å². The van der Waals surface area contributed by atoms with Crippen LogP contribution in [0, 0.1) is 16.2 Å². The van der Waals surface area contributed by atoms with Gasteiger partial charge < -0.3 is 19.7 Å². The maximum Gasteiger partial charge on any atom is 0.311 e. The van der Waals surface area contributed by atoms with Gasteiger partial charge in [-0.15, -0.1) is 0 Å². The molecule has 1 atom stereocenters. The highest BCUT2D eigenvalue weighted by Gasteiger charge is 2.40. The topological polar surface area (TPSA) is 102 Å². The second kappa shape index (κ2) is 11.8. The molecule has 0 aromatic heterocycles. The summed E-state index contributed by atoms with van der Waals surface area (Å²) in [4.78, 5) is 36.4. The van der Waals surface area contributed by atoms with Crippen LogP contribution < -0.4 is 5.32 Å². The van der Waals surface area contributed by atoms with Crippen molar-refractivity contribution in [2.45, 2.75) is 61.0 Å². The molecule has 0 bridgehead atoms. The van der Waals surface area contributed by atoms with Gasteiger partial charge >= 0.3 is 11.9 Å². The van der Waals surface area contributed by atoms with E-state index in [1.54, 1.807) is 13.8 Å². The van der Waals surface area contributed by atoms with E-state index < -0.39 is 30.4 Å². The average molecular weight is 468 g/mol. The Morgan fingerprint density at radius 2 is 1.59 bits per heavy atom. The molecule has 32 heavy (non-hydrogen) atoms. The normalized spacial score (nSPS) is 13.3. The van der Waals surface area contributed by atoms with E-state index in [9.17, 15) is 14.4 Å². The van der Waals surface area contributed by atoms with E-state index in [1.165, 1.54) is 0 Å². The summed E-state index contributed by atoms with van der Waals surface area (Å²) < 4.78 is 11.3. The van der Waals surface area contributed by atoms with Crippen LogP contribution >= 0.6 is 8.15 Å². The Kier molecular flexibility index (Phi) is 10.3. The maximum absolute atomic E-state index is 12.8. The molecule has 8 heteroatoms. The van der Waals surface area contributed by atoms with Crippen molar-refractivity contribution in [3.8, 4) is 0 Å². The molecular formula is C24H38NO6P. The van der Waals surface area contributed by atoms with Crippen molar-refractivity contribution in [1.82, 2.24) is 5.32 Å². The predicted molar refractivity (Wildman–Crippen MR) is 126 cm³/mol. The first kappa shape index (κ1) is 28.1. The predicted octanol–water partition coefficient (Wildman–Crippen LogP) is 4.79. The number of carbonyl (C=O) groups excluding carboxylic acids is 2. The summed E-state index contributed by atoms with van der Waals surface area (Å²) in [5, 5.41) is 11.9. The lowest BCUT2D eigenvalue weighted by atomic mass is 9.74. The highest BCUT2D eigenvalue weighted by Crippen LogP contribution is 2.37. The number of aliphatic carboxylic acids is 1. The zero-order valence-electron chi connectivity index (χ0n) is 20.4. The van der Waals surface area contributed by atoms with Gasteiger partial charge in [-0.25, -0.2) is 0 Å². The molecule has 0 heterocycles. The number of amides is 1. The van der Waals surface area contributed by atoms with E-state index in [0.29, 0.717) is 19.3 Å². The van der Waals surface area contributed by atoms with Crippen LogP contribution in [0.1, 0.15) is 59.9 Å². The monoisotopic (exact) mass is 467 g/mol. The maximum atomic E-state index is 12.8. The molecule has 0 spiro atoms. The first-order valence-electron chi connectivity index (χ1n) is 10.7. The lowest BCUT2D eigenvalue weighted by Crippen LogP contribution is -2.42. The minimum Gasteiger partial charge on any atom is -0.481 e. The van der Waals surface area contributed by atoms with Crippen LogP contribution in [-0.4, -0.2) is 42.5 Å². The molecule has 1 amide bonds. The van der Waals surface area contributed by atoms with Crippen LogP contribution in [0.15, 0.2) is 30.3 Å². The van der Waals surface area contributed by atoms with E-state index >= 15 is 0 Å². The van der Waals surface area contributed by atoms with Crippen LogP contribution in [0.3, 0.4) is 0 Å². The van der Waals surface area contributed by atoms with E-state index in [2.05, 4.69) is 5.32 Å². The fourth-order valence-electron chi connectivity index (χ4n) is 3.39. The van der Waals surface area contributed by atoms with Gasteiger partial charge in [0, 0.05) is 13.6 Å². The summed E-state index contributed by atoms with van der Waals surface area (Å²) in [7, 11) is -0.943. The summed E-state index contributed by atoms with van der Waals surface area (Å²) in [5.41, 5.74) is -1.18. The van der Waals surface area contributed by atoms with Gasteiger partial charge in [-0.1, -0.05) is 58.0 Å². The quantitative estimate of drug-likeness (QED) is 0.319. The molecule has 0 saturated carbocycles. The number of ether oxygens (including phenoxy) is 1. The molecule has 7 nitrogen and oxygen atoms in total. The third kappa shape index (κ3) is 10.1. The summed E-state index contributed by atoms with van der Waals surface area (Å²) in [6.45, 7) is 13.3. The largest absolute Gasteiger partial charge is 0.481 e. The average Bonchev–Trinajstić information content (AvgIpc) is 2.67. The Morgan fingerprint density at radius 3 is 2.16 bits per heavy atom.